The summed E-state index contributed by atoms with van der Waals surface area (Å²) >= 11 is 1.22. The monoisotopic (exact) mass is 405 g/mol. The molecule has 0 heterocycles. The van der Waals surface area contributed by atoms with Crippen LogP contribution in [-0.2, 0) is 6.18 Å². The van der Waals surface area contributed by atoms with E-state index < -0.39 is 17.5 Å². The molecule has 0 radical (unpaired) electrons. The van der Waals surface area contributed by atoms with Crippen molar-refractivity contribution in [1.29, 1.82) is 0 Å². The summed E-state index contributed by atoms with van der Waals surface area (Å²) in [6.45, 7) is 4.00. The maximum absolute atomic E-state index is 12.7. The normalized spacial score (nSPS) is 11.3. The van der Waals surface area contributed by atoms with E-state index in [1.54, 1.807) is 0 Å². The Morgan fingerprint density at radius 1 is 0.929 bits per heavy atom. The van der Waals surface area contributed by atoms with E-state index in [2.05, 4.69) is 4.72 Å². The Bertz CT molecular complexity index is 972. The van der Waals surface area contributed by atoms with E-state index in [0.717, 1.165) is 33.9 Å². The zero-order valence-electron chi connectivity index (χ0n) is 15.2. The molecule has 0 saturated heterocycles. The van der Waals surface area contributed by atoms with Crippen molar-refractivity contribution in [1.82, 2.24) is 0 Å². The van der Waals surface area contributed by atoms with Crippen LogP contribution in [0.15, 0.2) is 65.6 Å². The zero-order chi connectivity index (χ0) is 20.3. The Morgan fingerprint density at radius 2 is 1.64 bits per heavy atom. The van der Waals surface area contributed by atoms with Crippen LogP contribution in [0.1, 0.15) is 16.7 Å². The third kappa shape index (κ3) is 4.92. The Kier molecular flexibility index (Phi) is 5.74. The minimum atomic E-state index is -4.58. The van der Waals surface area contributed by atoms with Gasteiger partial charge in [-0.05, 0) is 73.8 Å². The standard InChI is InChI=1S/C21H18F3NO2S/c1-13-3-10-20(14(2)11-13)27-16-5-7-17(8-6-16)28-25-15-4-9-18(19(26)12-15)21(22,23)24/h3-12,25-26H,1-2H3. The zero-order valence-corrected chi connectivity index (χ0v) is 16.0. The third-order valence-corrected chi connectivity index (χ3v) is 4.82. The summed E-state index contributed by atoms with van der Waals surface area (Å²) in [4.78, 5) is 0.840. The predicted octanol–water partition coefficient (Wildman–Crippen LogP) is 6.94. The lowest BCUT2D eigenvalue weighted by molar-refractivity contribution is -0.138. The van der Waals surface area contributed by atoms with Crippen LogP contribution < -0.4 is 9.46 Å². The quantitative estimate of drug-likeness (QED) is 0.451. The average Bonchev–Trinajstić information content (AvgIpc) is 2.62. The Balaban J connectivity index is 1.62. The molecular weight excluding hydrogens is 387 g/mol. The molecule has 0 bridgehead atoms. The summed E-state index contributed by atoms with van der Waals surface area (Å²) in [5, 5.41) is 9.55. The number of aromatic hydroxyl groups is 1. The molecule has 3 aromatic rings. The highest BCUT2D eigenvalue weighted by molar-refractivity contribution is 8.00. The van der Waals surface area contributed by atoms with Gasteiger partial charge in [-0.3, -0.25) is 0 Å². The van der Waals surface area contributed by atoms with Crippen molar-refractivity contribution in [2.24, 2.45) is 0 Å². The molecule has 0 amide bonds. The number of hydrogen-bond donors (Lipinski definition) is 2. The van der Waals surface area contributed by atoms with Gasteiger partial charge in [-0.2, -0.15) is 13.2 Å². The van der Waals surface area contributed by atoms with Crippen LogP contribution in [0.2, 0.25) is 0 Å². The van der Waals surface area contributed by atoms with Crippen molar-refractivity contribution in [2.75, 3.05) is 4.72 Å². The topological polar surface area (TPSA) is 41.5 Å². The van der Waals surface area contributed by atoms with Gasteiger partial charge in [0.15, 0.2) is 0 Å². The van der Waals surface area contributed by atoms with Crippen molar-refractivity contribution in [3.63, 3.8) is 0 Å². The Labute approximate surface area is 165 Å². The predicted molar refractivity (Wildman–Crippen MR) is 105 cm³/mol. The van der Waals surface area contributed by atoms with Crippen LogP contribution in [0, 0.1) is 13.8 Å². The summed E-state index contributed by atoms with van der Waals surface area (Å²) in [6, 6.07) is 16.4. The Morgan fingerprint density at radius 3 is 2.25 bits per heavy atom. The van der Waals surface area contributed by atoms with E-state index in [1.807, 2.05) is 56.3 Å². The molecule has 2 N–H and O–H groups in total. The summed E-state index contributed by atoms with van der Waals surface area (Å²) in [6.07, 6.45) is -4.58. The number of phenolic OH excluding ortho intramolecular Hbond substituents is 1. The summed E-state index contributed by atoms with van der Waals surface area (Å²) in [7, 11) is 0. The fraction of sp³-hybridized carbons (Fsp3) is 0.143. The molecule has 0 aliphatic carbocycles. The first-order valence-corrected chi connectivity index (χ1v) is 9.22. The molecule has 0 aliphatic rings. The minimum Gasteiger partial charge on any atom is -0.507 e. The minimum absolute atomic E-state index is 0.367. The molecule has 0 aliphatic heterocycles. The first kappa shape index (κ1) is 19.9. The number of hydrogen-bond acceptors (Lipinski definition) is 4. The van der Waals surface area contributed by atoms with Gasteiger partial charge in [0.25, 0.3) is 0 Å². The average molecular weight is 405 g/mol. The number of benzene rings is 3. The number of phenols is 1. The molecule has 3 rings (SSSR count). The molecule has 0 spiro atoms. The third-order valence-electron chi connectivity index (χ3n) is 3.97. The molecular formula is C21H18F3NO2S. The first-order chi connectivity index (χ1) is 13.2. The van der Waals surface area contributed by atoms with Crippen LogP contribution in [0.4, 0.5) is 18.9 Å². The summed E-state index contributed by atoms with van der Waals surface area (Å²) in [5.41, 5.74) is 1.52. The molecule has 3 aromatic carbocycles. The summed E-state index contributed by atoms with van der Waals surface area (Å²) < 4.78 is 46.8. The molecule has 0 atom stereocenters. The van der Waals surface area contributed by atoms with Crippen LogP contribution in [0.3, 0.4) is 0 Å². The van der Waals surface area contributed by atoms with Crippen LogP contribution in [0.25, 0.3) is 0 Å². The highest BCUT2D eigenvalue weighted by Crippen LogP contribution is 2.37. The van der Waals surface area contributed by atoms with Gasteiger partial charge in [-0.25, -0.2) is 0 Å². The molecule has 0 fully saturated rings. The molecule has 0 saturated carbocycles. The number of aryl methyl sites for hydroxylation is 2. The van der Waals surface area contributed by atoms with Crippen molar-refractivity contribution in [3.8, 4) is 17.2 Å². The number of halogens is 3. The smallest absolute Gasteiger partial charge is 0.419 e. The fourth-order valence-corrected chi connectivity index (χ4v) is 3.20. The van der Waals surface area contributed by atoms with E-state index in [0.29, 0.717) is 11.4 Å². The highest BCUT2D eigenvalue weighted by Gasteiger charge is 2.33. The maximum Gasteiger partial charge on any atom is 0.419 e. The van der Waals surface area contributed by atoms with E-state index in [9.17, 15) is 18.3 Å². The molecule has 0 unspecified atom stereocenters. The molecule has 146 valence electrons. The van der Waals surface area contributed by atoms with Gasteiger partial charge >= 0.3 is 6.18 Å². The maximum atomic E-state index is 12.7. The number of alkyl halides is 3. The second kappa shape index (κ2) is 8.06. The van der Waals surface area contributed by atoms with Crippen LogP contribution >= 0.6 is 11.9 Å². The van der Waals surface area contributed by atoms with Crippen molar-refractivity contribution < 1.29 is 23.0 Å². The van der Waals surface area contributed by atoms with Gasteiger partial charge in [0.05, 0.1) is 5.56 Å². The van der Waals surface area contributed by atoms with Gasteiger partial charge < -0.3 is 14.6 Å². The number of nitrogens with one attached hydrogen (secondary N) is 1. The number of anilines is 1. The van der Waals surface area contributed by atoms with Crippen molar-refractivity contribution >= 4 is 17.6 Å². The first-order valence-electron chi connectivity index (χ1n) is 8.40. The lowest BCUT2D eigenvalue weighted by Gasteiger charge is -2.12. The summed E-state index contributed by atoms with van der Waals surface area (Å²) in [5.74, 6) is 0.656. The lowest BCUT2D eigenvalue weighted by atomic mass is 10.1. The molecule has 28 heavy (non-hydrogen) atoms. The van der Waals surface area contributed by atoms with E-state index in [-0.39, 0.29) is 0 Å². The van der Waals surface area contributed by atoms with Gasteiger partial charge in [0.2, 0.25) is 0 Å². The highest BCUT2D eigenvalue weighted by atomic mass is 32.2. The van der Waals surface area contributed by atoms with Gasteiger partial charge in [0.1, 0.15) is 17.2 Å². The second-order valence-corrected chi connectivity index (χ2v) is 7.16. The SMILES string of the molecule is Cc1ccc(Oc2ccc(SNc3ccc(C(F)(F)F)c(O)c3)cc2)c(C)c1. The molecule has 3 nitrogen and oxygen atoms in total. The van der Waals surface area contributed by atoms with E-state index >= 15 is 0 Å². The Hall–Kier alpha value is -2.80. The van der Waals surface area contributed by atoms with Crippen LogP contribution in [-0.4, -0.2) is 5.11 Å². The van der Waals surface area contributed by atoms with Gasteiger partial charge in [0, 0.05) is 16.6 Å². The largest absolute Gasteiger partial charge is 0.507 e. The second-order valence-electron chi connectivity index (χ2n) is 6.28. The molecule has 7 heteroatoms. The van der Waals surface area contributed by atoms with Gasteiger partial charge in [-0.1, -0.05) is 17.7 Å². The van der Waals surface area contributed by atoms with Crippen LogP contribution in [0.5, 0.6) is 17.2 Å². The van der Waals surface area contributed by atoms with Crippen molar-refractivity contribution in [3.05, 3.63) is 77.4 Å². The van der Waals surface area contributed by atoms with E-state index in [4.69, 9.17) is 4.74 Å². The fourth-order valence-electron chi connectivity index (χ4n) is 2.57. The molecule has 0 aromatic heterocycles. The number of ether oxygens (including phenoxy) is 1. The van der Waals surface area contributed by atoms with Crippen molar-refractivity contribution in [2.45, 2.75) is 24.9 Å². The van der Waals surface area contributed by atoms with Gasteiger partial charge in [-0.15, -0.1) is 0 Å². The lowest BCUT2D eigenvalue weighted by Crippen LogP contribution is -2.05. The number of rotatable bonds is 5. The van der Waals surface area contributed by atoms with E-state index in [1.165, 1.54) is 18.0 Å².